The molecule has 7 aromatic rings. The molecule has 0 fully saturated rings. The van der Waals surface area contributed by atoms with Crippen LogP contribution < -0.4 is 0 Å². The second kappa shape index (κ2) is 9.13. The Balaban J connectivity index is 1.38. The molecule has 180 valence electrons. The normalized spacial score (nSPS) is 11.3. The summed E-state index contributed by atoms with van der Waals surface area (Å²) in [7, 11) is 0. The van der Waals surface area contributed by atoms with Crippen LogP contribution in [0, 0.1) is 6.92 Å². The number of aromatic nitrogens is 2. The first-order valence-electron chi connectivity index (χ1n) is 12.7. The van der Waals surface area contributed by atoms with Gasteiger partial charge in [0.15, 0.2) is 5.82 Å². The predicted octanol–water partition coefficient (Wildman–Crippen LogP) is 9.35. The molecule has 0 N–H and O–H groups in total. The summed E-state index contributed by atoms with van der Waals surface area (Å²) in [4.78, 5) is 9.85. The lowest BCUT2D eigenvalue weighted by Gasteiger charge is -2.12. The lowest BCUT2D eigenvalue weighted by atomic mass is 9.95. The van der Waals surface area contributed by atoms with Crippen molar-refractivity contribution in [3.05, 3.63) is 133 Å². The maximum Gasteiger partial charge on any atom is 0.160 e. The fraction of sp³-hybridized carbons (Fsp3) is 0.0286. The van der Waals surface area contributed by atoms with E-state index in [1.54, 1.807) is 0 Å². The highest BCUT2D eigenvalue weighted by Gasteiger charge is 2.13. The third kappa shape index (κ3) is 4.04. The van der Waals surface area contributed by atoms with Gasteiger partial charge >= 0.3 is 0 Å². The topological polar surface area (TPSA) is 38.9 Å². The number of benzene rings is 5. The molecule has 0 radical (unpaired) electrons. The molecule has 3 heteroatoms. The Kier molecular flexibility index (Phi) is 5.33. The van der Waals surface area contributed by atoms with Gasteiger partial charge in [0.1, 0.15) is 11.2 Å². The summed E-state index contributed by atoms with van der Waals surface area (Å²) in [6.45, 7) is 2.02. The van der Waals surface area contributed by atoms with Gasteiger partial charge in [0.2, 0.25) is 0 Å². The Morgan fingerprint density at radius 2 is 1.05 bits per heavy atom. The predicted molar refractivity (Wildman–Crippen MR) is 156 cm³/mol. The van der Waals surface area contributed by atoms with Crippen LogP contribution in [-0.2, 0) is 0 Å². The molecule has 38 heavy (non-hydrogen) atoms. The molecule has 0 aliphatic rings. The van der Waals surface area contributed by atoms with E-state index >= 15 is 0 Å². The Bertz CT molecular complexity index is 1860. The summed E-state index contributed by atoms with van der Waals surface area (Å²) < 4.78 is 6.13. The van der Waals surface area contributed by atoms with Crippen molar-refractivity contribution >= 4 is 21.9 Å². The summed E-state index contributed by atoms with van der Waals surface area (Å²) in [6, 6.07) is 44.1. The zero-order chi connectivity index (χ0) is 25.5. The van der Waals surface area contributed by atoms with Gasteiger partial charge in [0.25, 0.3) is 0 Å². The first-order valence-corrected chi connectivity index (χ1v) is 12.7. The van der Waals surface area contributed by atoms with Crippen molar-refractivity contribution in [2.24, 2.45) is 0 Å². The first kappa shape index (κ1) is 22.2. The molecule has 2 heterocycles. The maximum absolute atomic E-state index is 6.13. The summed E-state index contributed by atoms with van der Waals surface area (Å²) >= 11 is 0. The van der Waals surface area contributed by atoms with Crippen molar-refractivity contribution < 1.29 is 4.42 Å². The van der Waals surface area contributed by atoms with E-state index < -0.39 is 0 Å². The van der Waals surface area contributed by atoms with E-state index in [0.717, 1.165) is 55.6 Å². The van der Waals surface area contributed by atoms with Crippen molar-refractivity contribution in [1.29, 1.82) is 0 Å². The minimum Gasteiger partial charge on any atom is -0.456 e. The van der Waals surface area contributed by atoms with Crippen LogP contribution in [0.3, 0.4) is 0 Å². The number of rotatable bonds is 4. The van der Waals surface area contributed by atoms with E-state index in [0.29, 0.717) is 5.82 Å². The quantitative estimate of drug-likeness (QED) is 0.248. The minimum atomic E-state index is 0.689. The zero-order valence-electron chi connectivity index (χ0n) is 20.9. The van der Waals surface area contributed by atoms with E-state index in [-0.39, 0.29) is 0 Å². The van der Waals surface area contributed by atoms with Crippen LogP contribution in [0.25, 0.3) is 66.8 Å². The van der Waals surface area contributed by atoms with Gasteiger partial charge in [-0.05, 0) is 71.6 Å². The van der Waals surface area contributed by atoms with Gasteiger partial charge in [-0.1, -0.05) is 84.9 Å². The average molecular weight is 489 g/mol. The molecule has 0 saturated carbocycles. The molecule has 0 spiro atoms. The maximum atomic E-state index is 6.13. The summed E-state index contributed by atoms with van der Waals surface area (Å²) in [5.74, 6) is 0.689. The number of para-hydroxylation sites is 1. The molecular weight excluding hydrogens is 464 g/mol. The first-order chi connectivity index (χ1) is 18.7. The monoisotopic (exact) mass is 488 g/mol. The molecule has 0 bridgehead atoms. The average Bonchev–Trinajstić information content (AvgIpc) is 3.35. The highest BCUT2D eigenvalue weighted by Crippen LogP contribution is 2.34. The highest BCUT2D eigenvalue weighted by atomic mass is 16.3. The van der Waals surface area contributed by atoms with Crippen molar-refractivity contribution in [3.8, 4) is 44.9 Å². The number of aryl methyl sites for hydroxylation is 1. The van der Waals surface area contributed by atoms with E-state index in [9.17, 15) is 0 Å². The third-order valence-electron chi connectivity index (χ3n) is 6.93. The fourth-order valence-corrected chi connectivity index (χ4v) is 5.08. The van der Waals surface area contributed by atoms with Crippen molar-refractivity contribution in [2.75, 3.05) is 0 Å². The van der Waals surface area contributed by atoms with E-state index in [4.69, 9.17) is 14.4 Å². The number of hydrogen-bond donors (Lipinski definition) is 0. The SMILES string of the molecule is Cc1cc(-c2cc(-c3ccccc3)cc(-c3ccccc3)c2)nc(-c2ccc3c(c2)oc2ccccc23)n1. The van der Waals surface area contributed by atoms with Gasteiger partial charge in [0.05, 0.1) is 5.69 Å². The van der Waals surface area contributed by atoms with Crippen molar-refractivity contribution in [3.63, 3.8) is 0 Å². The summed E-state index contributed by atoms with van der Waals surface area (Å²) in [5, 5.41) is 2.21. The molecule has 5 aromatic carbocycles. The molecule has 0 unspecified atom stereocenters. The van der Waals surface area contributed by atoms with Crippen LogP contribution in [0.1, 0.15) is 5.69 Å². The van der Waals surface area contributed by atoms with Gasteiger partial charge in [0, 0.05) is 27.6 Å². The Hall–Kier alpha value is -5.02. The zero-order valence-corrected chi connectivity index (χ0v) is 20.9. The summed E-state index contributed by atoms with van der Waals surface area (Å²) in [5.41, 5.74) is 10.2. The van der Waals surface area contributed by atoms with E-state index in [2.05, 4.69) is 91.0 Å². The fourth-order valence-electron chi connectivity index (χ4n) is 5.08. The van der Waals surface area contributed by atoms with Crippen molar-refractivity contribution in [2.45, 2.75) is 6.92 Å². The van der Waals surface area contributed by atoms with Crippen LogP contribution in [-0.4, -0.2) is 9.97 Å². The molecule has 2 aromatic heterocycles. The highest BCUT2D eigenvalue weighted by molar-refractivity contribution is 6.05. The van der Waals surface area contributed by atoms with Gasteiger partial charge in [-0.25, -0.2) is 9.97 Å². The summed E-state index contributed by atoms with van der Waals surface area (Å²) in [6.07, 6.45) is 0. The number of hydrogen-bond acceptors (Lipinski definition) is 3. The van der Waals surface area contributed by atoms with Crippen LogP contribution in [0.4, 0.5) is 0 Å². The Morgan fingerprint density at radius 3 is 1.76 bits per heavy atom. The van der Waals surface area contributed by atoms with Gasteiger partial charge in [-0.15, -0.1) is 0 Å². The van der Waals surface area contributed by atoms with Gasteiger partial charge in [-0.2, -0.15) is 0 Å². The number of furan rings is 1. The molecule has 3 nitrogen and oxygen atoms in total. The van der Waals surface area contributed by atoms with Crippen LogP contribution in [0.15, 0.2) is 132 Å². The van der Waals surface area contributed by atoms with Gasteiger partial charge < -0.3 is 4.42 Å². The lowest BCUT2D eigenvalue weighted by Crippen LogP contribution is -1.96. The standard InChI is InChI=1S/C35H24N2O/c1-23-18-32(37-35(36-23)26-16-17-31-30-14-8-9-15-33(30)38-34(31)22-26)29-20-27(24-10-4-2-5-11-24)19-28(21-29)25-12-6-3-7-13-25/h2-22H,1H3. The van der Waals surface area contributed by atoms with Crippen LogP contribution in [0.2, 0.25) is 0 Å². The molecule has 0 saturated heterocycles. The minimum absolute atomic E-state index is 0.689. The van der Waals surface area contributed by atoms with Crippen molar-refractivity contribution in [1.82, 2.24) is 9.97 Å². The molecule has 0 aliphatic carbocycles. The molecule has 0 aliphatic heterocycles. The third-order valence-corrected chi connectivity index (χ3v) is 6.93. The second-order valence-electron chi connectivity index (χ2n) is 9.56. The smallest absolute Gasteiger partial charge is 0.160 e. The number of fused-ring (bicyclic) bond motifs is 3. The molecule has 0 amide bonds. The molecule has 7 rings (SSSR count). The van der Waals surface area contributed by atoms with Gasteiger partial charge in [-0.3, -0.25) is 0 Å². The molecular formula is C35H24N2O. The Labute approximate surface area is 221 Å². The molecule has 0 atom stereocenters. The largest absolute Gasteiger partial charge is 0.456 e. The van der Waals surface area contributed by atoms with Crippen LogP contribution in [0.5, 0.6) is 0 Å². The Morgan fingerprint density at radius 1 is 0.447 bits per heavy atom. The van der Waals surface area contributed by atoms with E-state index in [1.165, 1.54) is 11.1 Å². The lowest BCUT2D eigenvalue weighted by molar-refractivity contribution is 0.669. The second-order valence-corrected chi connectivity index (χ2v) is 9.56. The number of nitrogens with zero attached hydrogens (tertiary/aromatic N) is 2. The van der Waals surface area contributed by atoms with Crippen LogP contribution >= 0.6 is 0 Å². The van der Waals surface area contributed by atoms with E-state index in [1.807, 2.05) is 43.3 Å².